The number of nitrogens with two attached hydrogens (primary N) is 1. The molecule has 0 aliphatic rings. The first-order chi connectivity index (χ1) is 9.00. The van der Waals surface area contributed by atoms with Crippen LogP contribution in [0.4, 0.5) is 0 Å². The number of nitrogens with zero attached hydrogens (tertiary/aromatic N) is 1. The number of rotatable bonds is 4. The number of pyridine rings is 1. The van der Waals surface area contributed by atoms with E-state index in [1.807, 2.05) is 13.8 Å². The van der Waals surface area contributed by atoms with E-state index < -0.39 is 0 Å². The van der Waals surface area contributed by atoms with Gasteiger partial charge in [-0.25, -0.2) is 0 Å². The van der Waals surface area contributed by atoms with Crippen LogP contribution >= 0.6 is 0 Å². The van der Waals surface area contributed by atoms with Crippen molar-refractivity contribution < 1.29 is 4.79 Å². The standard InChI is InChI=1S/C15H21N3O/c1-4-8-15(2,3)18-14(19)13-7-10-17-11-12(13)6-5-9-16/h7,10-11H,4,8-9,16H2,1-3H3,(H,18,19). The predicted octanol–water partition coefficient (Wildman–Crippen LogP) is 1.70. The van der Waals surface area contributed by atoms with Crippen molar-refractivity contribution in [3.63, 3.8) is 0 Å². The third kappa shape index (κ3) is 4.72. The highest BCUT2D eigenvalue weighted by Crippen LogP contribution is 2.13. The van der Waals surface area contributed by atoms with Crippen molar-refractivity contribution in [3.05, 3.63) is 29.6 Å². The van der Waals surface area contributed by atoms with Crippen molar-refractivity contribution in [1.29, 1.82) is 0 Å². The zero-order valence-corrected chi connectivity index (χ0v) is 11.8. The van der Waals surface area contributed by atoms with Crippen molar-refractivity contribution in [1.82, 2.24) is 10.3 Å². The first-order valence-corrected chi connectivity index (χ1v) is 6.45. The summed E-state index contributed by atoms with van der Waals surface area (Å²) < 4.78 is 0. The van der Waals surface area contributed by atoms with Crippen LogP contribution in [-0.4, -0.2) is 23.0 Å². The van der Waals surface area contributed by atoms with E-state index in [0.717, 1.165) is 12.8 Å². The highest BCUT2D eigenvalue weighted by molar-refractivity contribution is 5.97. The number of hydrogen-bond acceptors (Lipinski definition) is 3. The molecular weight excluding hydrogens is 238 g/mol. The zero-order chi connectivity index (χ0) is 14.3. The number of carbonyl (C=O) groups excluding carboxylic acids is 1. The number of hydrogen-bond donors (Lipinski definition) is 2. The summed E-state index contributed by atoms with van der Waals surface area (Å²) in [6.45, 7) is 6.39. The summed E-state index contributed by atoms with van der Waals surface area (Å²) in [6.07, 6.45) is 5.12. The monoisotopic (exact) mass is 259 g/mol. The van der Waals surface area contributed by atoms with Gasteiger partial charge in [0, 0.05) is 17.9 Å². The number of nitrogens with one attached hydrogen (secondary N) is 1. The molecular formula is C15H21N3O. The maximum Gasteiger partial charge on any atom is 0.253 e. The summed E-state index contributed by atoms with van der Waals surface area (Å²) >= 11 is 0. The summed E-state index contributed by atoms with van der Waals surface area (Å²) in [5, 5.41) is 3.02. The molecule has 4 nitrogen and oxygen atoms in total. The molecule has 4 heteroatoms. The van der Waals surface area contributed by atoms with Gasteiger partial charge in [0.15, 0.2) is 0 Å². The number of carbonyl (C=O) groups is 1. The Morgan fingerprint density at radius 2 is 2.26 bits per heavy atom. The second kappa shape index (κ2) is 6.91. The zero-order valence-electron chi connectivity index (χ0n) is 11.8. The molecule has 0 aromatic carbocycles. The maximum absolute atomic E-state index is 12.3. The van der Waals surface area contributed by atoms with Crippen LogP contribution in [-0.2, 0) is 0 Å². The molecule has 0 saturated heterocycles. The van der Waals surface area contributed by atoms with E-state index in [0.29, 0.717) is 11.1 Å². The van der Waals surface area contributed by atoms with Gasteiger partial charge < -0.3 is 11.1 Å². The lowest BCUT2D eigenvalue weighted by Crippen LogP contribution is -2.43. The predicted molar refractivity (Wildman–Crippen MR) is 76.6 cm³/mol. The summed E-state index contributed by atoms with van der Waals surface area (Å²) in [4.78, 5) is 16.3. The molecule has 1 aromatic heterocycles. The Morgan fingerprint density at radius 1 is 1.53 bits per heavy atom. The van der Waals surface area contributed by atoms with Crippen molar-refractivity contribution >= 4 is 5.91 Å². The van der Waals surface area contributed by atoms with Crippen LogP contribution in [0.25, 0.3) is 0 Å². The lowest BCUT2D eigenvalue weighted by molar-refractivity contribution is 0.0908. The molecule has 3 N–H and O–H groups in total. The van der Waals surface area contributed by atoms with Gasteiger partial charge in [-0.1, -0.05) is 25.2 Å². The quantitative estimate of drug-likeness (QED) is 0.809. The Balaban J connectivity index is 2.94. The Bertz CT molecular complexity index is 498. The van der Waals surface area contributed by atoms with Crippen LogP contribution in [0, 0.1) is 11.8 Å². The summed E-state index contributed by atoms with van der Waals surface area (Å²) in [7, 11) is 0. The van der Waals surface area contributed by atoms with Crippen LogP contribution in [0.2, 0.25) is 0 Å². The van der Waals surface area contributed by atoms with Gasteiger partial charge in [-0.3, -0.25) is 9.78 Å². The van der Waals surface area contributed by atoms with E-state index in [-0.39, 0.29) is 18.0 Å². The van der Waals surface area contributed by atoms with Crippen molar-refractivity contribution in [2.24, 2.45) is 5.73 Å². The molecule has 0 aliphatic carbocycles. The summed E-state index contributed by atoms with van der Waals surface area (Å²) in [6, 6.07) is 1.68. The van der Waals surface area contributed by atoms with E-state index in [2.05, 4.69) is 29.1 Å². The van der Waals surface area contributed by atoms with Gasteiger partial charge in [-0.2, -0.15) is 0 Å². The maximum atomic E-state index is 12.3. The van der Waals surface area contributed by atoms with Gasteiger partial charge in [-0.05, 0) is 26.3 Å². The topological polar surface area (TPSA) is 68.0 Å². The minimum atomic E-state index is -0.229. The minimum absolute atomic E-state index is 0.123. The molecule has 0 unspecified atom stereocenters. The van der Waals surface area contributed by atoms with Gasteiger partial charge in [0.25, 0.3) is 5.91 Å². The highest BCUT2D eigenvalue weighted by atomic mass is 16.1. The smallest absolute Gasteiger partial charge is 0.253 e. The fourth-order valence-corrected chi connectivity index (χ4v) is 1.90. The van der Waals surface area contributed by atoms with Crippen molar-refractivity contribution in [2.45, 2.75) is 39.2 Å². The Morgan fingerprint density at radius 3 is 2.89 bits per heavy atom. The van der Waals surface area contributed by atoms with Crippen LogP contribution in [0.3, 0.4) is 0 Å². The Hall–Kier alpha value is -1.86. The first kappa shape index (κ1) is 15.2. The van der Waals surface area contributed by atoms with Crippen LogP contribution in [0.1, 0.15) is 49.5 Å². The van der Waals surface area contributed by atoms with E-state index in [4.69, 9.17) is 5.73 Å². The SMILES string of the molecule is CCCC(C)(C)NC(=O)c1ccncc1C#CCN. The van der Waals surface area contributed by atoms with Gasteiger partial charge in [0.2, 0.25) is 0 Å². The number of aromatic nitrogens is 1. The highest BCUT2D eigenvalue weighted by Gasteiger charge is 2.21. The largest absolute Gasteiger partial charge is 0.347 e. The second-order valence-corrected chi connectivity index (χ2v) is 5.02. The molecule has 1 heterocycles. The average molecular weight is 259 g/mol. The minimum Gasteiger partial charge on any atom is -0.347 e. The molecule has 1 rings (SSSR count). The van der Waals surface area contributed by atoms with Gasteiger partial charge >= 0.3 is 0 Å². The van der Waals surface area contributed by atoms with Crippen LogP contribution in [0.15, 0.2) is 18.5 Å². The molecule has 0 bridgehead atoms. The third-order valence-electron chi connectivity index (χ3n) is 2.72. The molecule has 0 atom stereocenters. The Labute approximate surface area is 114 Å². The summed E-state index contributed by atoms with van der Waals surface area (Å²) in [5.74, 6) is 5.50. The first-order valence-electron chi connectivity index (χ1n) is 6.45. The summed E-state index contributed by atoms with van der Waals surface area (Å²) in [5.41, 5.74) is 6.27. The van der Waals surface area contributed by atoms with E-state index in [1.165, 1.54) is 0 Å². The lowest BCUT2D eigenvalue weighted by Gasteiger charge is -2.26. The second-order valence-electron chi connectivity index (χ2n) is 5.02. The van der Waals surface area contributed by atoms with Crippen LogP contribution in [0.5, 0.6) is 0 Å². The molecule has 0 spiro atoms. The third-order valence-corrected chi connectivity index (χ3v) is 2.72. The lowest BCUT2D eigenvalue weighted by atomic mass is 9.98. The number of amides is 1. The van der Waals surface area contributed by atoms with Gasteiger partial charge in [0.05, 0.1) is 17.7 Å². The van der Waals surface area contributed by atoms with E-state index in [9.17, 15) is 4.79 Å². The fourth-order valence-electron chi connectivity index (χ4n) is 1.90. The normalized spacial score (nSPS) is 10.5. The van der Waals surface area contributed by atoms with Gasteiger partial charge in [0.1, 0.15) is 0 Å². The molecule has 0 fully saturated rings. The molecule has 102 valence electrons. The molecule has 0 radical (unpaired) electrons. The molecule has 19 heavy (non-hydrogen) atoms. The molecule has 0 aliphatic heterocycles. The van der Waals surface area contributed by atoms with E-state index in [1.54, 1.807) is 18.5 Å². The van der Waals surface area contributed by atoms with Gasteiger partial charge in [-0.15, -0.1) is 0 Å². The molecule has 0 saturated carbocycles. The van der Waals surface area contributed by atoms with E-state index >= 15 is 0 Å². The molecule has 1 aromatic rings. The van der Waals surface area contributed by atoms with Crippen molar-refractivity contribution in [3.8, 4) is 11.8 Å². The van der Waals surface area contributed by atoms with Crippen LogP contribution < -0.4 is 11.1 Å². The molecule has 1 amide bonds. The van der Waals surface area contributed by atoms with Crippen molar-refractivity contribution in [2.75, 3.05) is 6.54 Å². The average Bonchev–Trinajstić information content (AvgIpc) is 2.36. The fraction of sp³-hybridized carbons (Fsp3) is 0.467. The Kier molecular flexibility index (Phi) is 5.53.